The van der Waals surface area contributed by atoms with Gasteiger partial charge >= 0.3 is 6.03 Å². The van der Waals surface area contributed by atoms with Crippen molar-refractivity contribution in [2.24, 2.45) is 0 Å². The van der Waals surface area contributed by atoms with Crippen LogP contribution in [0.1, 0.15) is 5.56 Å². The van der Waals surface area contributed by atoms with Gasteiger partial charge in [0, 0.05) is 5.69 Å². The van der Waals surface area contributed by atoms with E-state index in [4.69, 9.17) is 16.9 Å². The number of fused-ring (bicyclic) bond motifs is 1. The van der Waals surface area contributed by atoms with E-state index in [0.717, 1.165) is 0 Å². The van der Waals surface area contributed by atoms with Crippen LogP contribution in [0.25, 0.3) is 5.65 Å². The van der Waals surface area contributed by atoms with E-state index < -0.39 is 6.03 Å². The molecule has 0 bridgehead atoms. The van der Waals surface area contributed by atoms with Gasteiger partial charge < -0.3 is 5.32 Å². The second-order valence-electron chi connectivity index (χ2n) is 4.34. The van der Waals surface area contributed by atoms with Crippen LogP contribution in [0.4, 0.5) is 16.4 Å². The molecule has 2 heterocycles. The quantitative estimate of drug-likeness (QED) is 0.711. The number of halogens is 1. The first-order chi connectivity index (χ1) is 10.7. The number of hydrogen-bond donors (Lipinski definition) is 2. The number of aromatic nitrogens is 3. The van der Waals surface area contributed by atoms with E-state index in [9.17, 15) is 4.79 Å². The largest absolute Gasteiger partial charge is 0.326 e. The number of urea groups is 1. The van der Waals surface area contributed by atoms with E-state index in [1.807, 2.05) is 6.07 Å². The maximum absolute atomic E-state index is 12.0. The number of nitriles is 1. The van der Waals surface area contributed by atoms with Crippen molar-refractivity contribution in [2.75, 3.05) is 10.6 Å². The van der Waals surface area contributed by atoms with Crippen LogP contribution < -0.4 is 10.6 Å². The zero-order valence-corrected chi connectivity index (χ0v) is 11.9. The van der Waals surface area contributed by atoms with Crippen LogP contribution in [0.15, 0.2) is 42.5 Å². The first kappa shape index (κ1) is 13.9. The summed E-state index contributed by atoms with van der Waals surface area (Å²) in [6, 6.07) is 13.2. The third-order valence-electron chi connectivity index (χ3n) is 2.86. The molecule has 0 fully saturated rings. The number of pyridine rings is 1. The van der Waals surface area contributed by atoms with Crippen molar-refractivity contribution in [3.8, 4) is 6.07 Å². The minimum absolute atomic E-state index is 0.203. The lowest BCUT2D eigenvalue weighted by Crippen LogP contribution is -2.21. The number of nitrogens with zero attached hydrogens (tertiary/aromatic N) is 4. The van der Waals surface area contributed by atoms with Crippen molar-refractivity contribution in [1.82, 2.24) is 14.6 Å². The van der Waals surface area contributed by atoms with Gasteiger partial charge in [0.25, 0.3) is 0 Å². The van der Waals surface area contributed by atoms with Crippen LogP contribution in [0, 0.1) is 11.3 Å². The monoisotopic (exact) mass is 312 g/mol. The number of benzene rings is 1. The van der Waals surface area contributed by atoms with Crippen molar-refractivity contribution in [3.63, 3.8) is 0 Å². The fourth-order valence-electron chi connectivity index (χ4n) is 1.91. The van der Waals surface area contributed by atoms with Crippen molar-refractivity contribution >= 4 is 34.9 Å². The predicted molar refractivity (Wildman–Crippen MR) is 81.8 cm³/mol. The number of hydrogen-bond acceptors (Lipinski definition) is 4. The highest BCUT2D eigenvalue weighted by Gasteiger charge is 2.11. The summed E-state index contributed by atoms with van der Waals surface area (Å²) in [6.07, 6.45) is 0. The summed E-state index contributed by atoms with van der Waals surface area (Å²) in [7, 11) is 0. The average Bonchev–Trinajstić information content (AvgIpc) is 2.91. The molecule has 7 nitrogen and oxygen atoms in total. The molecule has 2 amide bonds. The Morgan fingerprint density at radius 1 is 1.18 bits per heavy atom. The molecule has 0 unspecified atom stereocenters. The topological polar surface area (TPSA) is 95.1 Å². The minimum atomic E-state index is -0.510. The lowest BCUT2D eigenvalue weighted by Gasteiger charge is -2.07. The molecule has 0 spiro atoms. The Morgan fingerprint density at radius 3 is 2.82 bits per heavy atom. The summed E-state index contributed by atoms with van der Waals surface area (Å²) in [4.78, 5) is 12.0. The number of rotatable bonds is 2. The molecule has 0 saturated heterocycles. The Morgan fingerprint density at radius 2 is 2.00 bits per heavy atom. The molecular weight excluding hydrogens is 304 g/mol. The van der Waals surface area contributed by atoms with Crippen LogP contribution in [-0.2, 0) is 0 Å². The van der Waals surface area contributed by atoms with Gasteiger partial charge in [-0.2, -0.15) is 5.26 Å². The van der Waals surface area contributed by atoms with Gasteiger partial charge in [0.2, 0.25) is 5.95 Å². The molecule has 3 aromatic rings. The smallest absolute Gasteiger partial charge is 0.308 e. The predicted octanol–water partition coefficient (Wildman–Crippen LogP) is 2.90. The molecule has 0 saturated carbocycles. The molecule has 8 heteroatoms. The van der Waals surface area contributed by atoms with E-state index in [2.05, 4.69) is 20.8 Å². The minimum Gasteiger partial charge on any atom is -0.308 e. The zero-order chi connectivity index (χ0) is 15.5. The Labute approximate surface area is 130 Å². The normalized spacial score (nSPS) is 10.2. The maximum atomic E-state index is 12.0. The van der Waals surface area contributed by atoms with Crippen LogP contribution in [0.3, 0.4) is 0 Å². The molecule has 22 heavy (non-hydrogen) atoms. The third kappa shape index (κ3) is 2.68. The number of anilines is 2. The fourth-order valence-corrected chi connectivity index (χ4v) is 2.15. The summed E-state index contributed by atoms with van der Waals surface area (Å²) < 4.78 is 1.51. The molecule has 0 aliphatic rings. The molecule has 2 N–H and O–H groups in total. The molecule has 0 atom stereocenters. The molecular formula is C14H9ClN6O. The van der Waals surface area contributed by atoms with E-state index in [1.54, 1.807) is 42.5 Å². The van der Waals surface area contributed by atoms with E-state index >= 15 is 0 Å². The molecule has 0 aliphatic carbocycles. The lowest BCUT2D eigenvalue weighted by atomic mass is 10.2. The Kier molecular flexibility index (Phi) is 3.60. The third-order valence-corrected chi connectivity index (χ3v) is 3.15. The Hall–Kier alpha value is -3.11. The van der Waals surface area contributed by atoms with Crippen molar-refractivity contribution in [2.45, 2.75) is 0 Å². The molecule has 108 valence electrons. The van der Waals surface area contributed by atoms with Gasteiger partial charge in [-0.1, -0.05) is 23.7 Å². The highest BCUT2D eigenvalue weighted by atomic mass is 35.5. The van der Waals surface area contributed by atoms with Gasteiger partial charge in [0.15, 0.2) is 5.65 Å². The van der Waals surface area contributed by atoms with Crippen LogP contribution in [0.2, 0.25) is 5.15 Å². The van der Waals surface area contributed by atoms with E-state index in [0.29, 0.717) is 22.1 Å². The van der Waals surface area contributed by atoms with E-state index in [1.165, 1.54) is 4.40 Å². The van der Waals surface area contributed by atoms with Gasteiger partial charge in [-0.05, 0) is 30.3 Å². The van der Waals surface area contributed by atoms with Gasteiger partial charge in [0.1, 0.15) is 5.15 Å². The second kappa shape index (κ2) is 5.71. The average molecular weight is 313 g/mol. The first-order valence-corrected chi connectivity index (χ1v) is 6.63. The van der Waals surface area contributed by atoms with Crippen molar-refractivity contribution in [1.29, 1.82) is 5.26 Å². The Bertz CT molecular complexity index is 898. The number of amides is 2. The summed E-state index contributed by atoms with van der Waals surface area (Å²) in [5.74, 6) is 0.203. The van der Waals surface area contributed by atoms with Crippen molar-refractivity contribution < 1.29 is 4.79 Å². The SMILES string of the molecule is N#Cc1cccc(NC(=O)Nc2nnc3cccc(Cl)n23)c1. The second-order valence-corrected chi connectivity index (χ2v) is 4.72. The summed E-state index contributed by atoms with van der Waals surface area (Å²) in [5.41, 5.74) is 1.47. The number of carbonyl (C=O) groups excluding carboxylic acids is 1. The first-order valence-electron chi connectivity index (χ1n) is 6.25. The Balaban J connectivity index is 1.80. The van der Waals surface area contributed by atoms with Crippen LogP contribution in [-0.4, -0.2) is 20.6 Å². The zero-order valence-electron chi connectivity index (χ0n) is 11.1. The maximum Gasteiger partial charge on any atom is 0.326 e. The molecule has 1 aromatic carbocycles. The number of nitrogens with one attached hydrogen (secondary N) is 2. The van der Waals surface area contributed by atoms with Crippen LogP contribution in [0.5, 0.6) is 0 Å². The lowest BCUT2D eigenvalue weighted by molar-refractivity contribution is 0.262. The van der Waals surface area contributed by atoms with Gasteiger partial charge in [-0.15, -0.1) is 10.2 Å². The highest BCUT2D eigenvalue weighted by Crippen LogP contribution is 2.17. The van der Waals surface area contributed by atoms with E-state index in [-0.39, 0.29) is 5.95 Å². The molecule has 0 aliphatic heterocycles. The highest BCUT2D eigenvalue weighted by molar-refractivity contribution is 6.30. The van der Waals surface area contributed by atoms with Gasteiger partial charge in [0.05, 0.1) is 11.6 Å². The fraction of sp³-hybridized carbons (Fsp3) is 0. The molecule has 0 radical (unpaired) electrons. The van der Waals surface area contributed by atoms with Crippen molar-refractivity contribution in [3.05, 3.63) is 53.2 Å². The summed E-state index contributed by atoms with van der Waals surface area (Å²) in [5, 5.41) is 22.2. The standard InChI is InChI=1S/C14H9ClN6O/c15-11-5-2-6-12-19-20-13(21(11)12)18-14(22)17-10-4-1-3-9(7-10)8-16/h1-7H,(H2,17,18,20,22). The van der Waals surface area contributed by atoms with Gasteiger partial charge in [-0.25, -0.2) is 4.79 Å². The summed E-state index contributed by atoms with van der Waals surface area (Å²) >= 11 is 6.06. The molecule has 3 rings (SSSR count). The summed E-state index contributed by atoms with van der Waals surface area (Å²) in [6.45, 7) is 0. The molecule has 2 aromatic heterocycles. The number of carbonyl (C=O) groups is 1. The van der Waals surface area contributed by atoms with Crippen LogP contribution >= 0.6 is 11.6 Å². The van der Waals surface area contributed by atoms with Gasteiger partial charge in [-0.3, -0.25) is 9.72 Å².